The van der Waals surface area contributed by atoms with Gasteiger partial charge in [-0.1, -0.05) is 48.9 Å². The Kier molecular flexibility index (Phi) is 4.09. The fourth-order valence-corrected chi connectivity index (χ4v) is 3.13. The van der Waals surface area contributed by atoms with Crippen molar-refractivity contribution in [2.45, 2.75) is 32.7 Å². The van der Waals surface area contributed by atoms with Crippen molar-refractivity contribution in [1.29, 1.82) is 0 Å². The lowest BCUT2D eigenvalue weighted by atomic mass is 9.99. The molecule has 0 saturated heterocycles. The zero-order chi connectivity index (χ0) is 13.9. The van der Waals surface area contributed by atoms with Gasteiger partial charge in [-0.05, 0) is 59.7 Å². The summed E-state index contributed by atoms with van der Waals surface area (Å²) in [7, 11) is 0. The highest BCUT2D eigenvalue weighted by atomic mass is 35.5. The highest BCUT2D eigenvalue weighted by Gasteiger charge is 2.12. The van der Waals surface area contributed by atoms with Crippen LogP contribution in [0, 0.1) is 0 Å². The maximum atomic E-state index is 6.39. The van der Waals surface area contributed by atoms with Crippen molar-refractivity contribution in [3.63, 3.8) is 0 Å². The molecular weight excluding hydrogens is 266 g/mol. The molecular formula is C18H20ClN. The second kappa shape index (κ2) is 5.99. The summed E-state index contributed by atoms with van der Waals surface area (Å²) in [5.41, 5.74) is 6.69. The average molecular weight is 286 g/mol. The first-order valence-corrected chi connectivity index (χ1v) is 7.77. The van der Waals surface area contributed by atoms with Crippen molar-refractivity contribution in [3.8, 4) is 11.1 Å². The molecule has 3 rings (SSSR count). The molecule has 0 saturated carbocycles. The summed E-state index contributed by atoms with van der Waals surface area (Å²) in [5.74, 6) is 0. The van der Waals surface area contributed by atoms with Crippen LogP contribution in [0.1, 0.15) is 30.0 Å². The largest absolute Gasteiger partial charge is 0.313 e. The van der Waals surface area contributed by atoms with Gasteiger partial charge in [0.2, 0.25) is 0 Å². The lowest BCUT2D eigenvalue weighted by molar-refractivity contribution is 0.727. The van der Waals surface area contributed by atoms with E-state index >= 15 is 0 Å². The van der Waals surface area contributed by atoms with E-state index in [1.54, 1.807) is 0 Å². The Balaban J connectivity index is 1.89. The van der Waals surface area contributed by atoms with E-state index in [2.05, 4.69) is 48.6 Å². The number of rotatable bonds is 4. The molecule has 2 aromatic carbocycles. The molecule has 0 bridgehead atoms. The highest BCUT2D eigenvalue weighted by Crippen LogP contribution is 2.30. The fraction of sp³-hybridized carbons (Fsp3) is 0.333. The molecule has 1 aliphatic rings. The van der Waals surface area contributed by atoms with Gasteiger partial charge in [0, 0.05) is 11.6 Å². The van der Waals surface area contributed by atoms with Crippen molar-refractivity contribution in [2.24, 2.45) is 0 Å². The number of nitrogens with one attached hydrogen (secondary N) is 1. The van der Waals surface area contributed by atoms with Crippen LogP contribution >= 0.6 is 11.6 Å². The summed E-state index contributed by atoms with van der Waals surface area (Å²) in [6, 6.07) is 13.2. The summed E-state index contributed by atoms with van der Waals surface area (Å²) >= 11 is 6.39. The predicted octanol–water partition coefficient (Wildman–Crippen LogP) is 4.61. The molecule has 0 amide bonds. The van der Waals surface area contributed by atoms with Gasteiger partial charge < -0.3 is 5.32 Å². The lowest BCUT2D eigenvalue weighted by Gasteiger charge is -2.09. The first-order valence-electron chi connectivity index (χ1n) is 7.39. The number of aryl methyl sites for hydroxylation is 2. The molecule has 0 unspecified atom stereocenters. The molecule has 1 aliphatic carbocycles. The Morgan fingerprint density at radius 2 is 1.75 bits per heavy atom. The maximum absolute atomic E-state index is 6.39. The summed E-state index contributed by atoms with van der Waals surface area (Å²) in [6.45, 7) is 3.90. The Morgan fingerprint density at radius 1 is 1.00 bits per heavy atom. The number of benzene rings is 2. The highest BCUT2D eigenvalue weighted by molar-refractivity contribution is 6.31. The van der Waals surface area contributed by atoms with Crippen molar-refractivity contribution in [1.82, 2.24) is 5.32 Å². The Labute approximate surface area is 126 Å². The SMILES string of the molecule is CCNCc1ccc(-c2ccc3c(c2)CCC3)cc1Cl. The van der Waals surface area contributed by atoms with Crippen molar-refractivity contribution in [3.05, 3.63) is 58.1 Å². The van der Waals surface area contributed by atoms with Gasteiger partial charge in [0.25, 0.3) is 0 Å². The first kappa shape index (κ1) is 13.7. The van der Waals surface area contributed by atoms with Gasteiger partial charge in [0.15, 0.2) is 0 Å². The van der Waals surface area contributed by atoms with Crippen LogP contribution in [-0.4, -0.2) is 6.54 Å². The lowest BCUT2D eigenvalue weighted by Crippen LogP contribution is -2.11. The Morgan fingerprint density at radius 3 is 2.55 bits per heavy atom. The average Bonchev–Trinajstić information content (AvgIpc) is 2.93. The summed E-state index contributed by atoms with van der Waals surface area (Å²) in [6.07, 6.45) is 3.74. The van der Waals surface area contributed by atoms with Crippen LogP contribution < -0.4 is 5.32 Å². The van der Waals surface area contributed by atoms with Crippen LogP contribution in [-0.2, 0) is 19.4 Å². The molecule has 0 fully saturated rings. The summed E-state index contributed by atoms with van der Waals surface area (Å²) < 4.78 is 0. The van der Waals surface area contributed by atoms with Gasteiger partial charge in [-0.3, -0.25) is 0 Å². The third-order valence-corrected chi connectivity index (χ3v) is 4.40. The third kappa shape index (κ3) is 2.74. The molecule has 0 spiro atoms. The fourth-order valence-electron chi connectivity index (χ4n) is 2.88. The minimum absolute atomic E-state index is 0.833. The zero-order valence-corrected chi connectivity index (χ0v) is 12.6. The Bertz CT molecular complexity index is 619. The molecule has 2 aromatic rings. The van der Waals surface area contributed by atoms with Gasteiger partial charge >= 0.3 is 0 Å². The molecule has 0 radical (unpaired) electrons. The van der Waals surface area contributed by atoms with E-state index in [9.17, 15) is 0 Å². The van der Waals surface area contributed by atoms with Crippen molar-refractivity contribution in [2.75, 3.05) is 6.54 Å². The van der Waals surface area contributed by atoms with Crippen LogP contribution in [0.4, 0.5) is 0 Å². The number of hydrogen-bond donors (Lipinski definition) is 1. The molecule has 0 aliphatic heterocycles. The second-order valence-electron chi connectivity index (χ2n) is 5.42. The number of halogens is 1. The van der Waals surface area contributed by atoms with Crippen molar-refractivity contribution >= 4 is 11.6 Å². The van der Waals surface area contributed by atoms with Gasteiger partial charge in [-0.15, -0.1) is 0 Å². The topological polar surface area (TPSA) is 12.0 Å². The third-order valence-electron chi connectivity index (χ3n) is 4.05. The molecule has 2 heteroatoms. The van der Waals surface area contributed by atoms with Gasteiger partial charge in [-0.25, -0.2) is 0 Å². The van der Waals surface area contributed by atoms with Crippen LogP contribution in [0.25, 0.3) is 11.1 Å². The van der Waals surface area contributed by atoms with Crippen LogP contribution in [0.2, 0.25) is 5.02 Å². The van der Waals surface area contributed by atoms with Gasteiger partial charge in [-0.2, -0.15) is 0 Å². The normalized spacial score (nSPS) is 13.5. The van der Waals surface area contributed by atoms with E-state index in [-0.39, 0.29) is 0 Å². The minimum atomic E-state index is 0.833. The zero-order valence-electron chi connectivity index (χ0n) is 11.9. The smallest absolute Gasteiger partial charge is 0.0457 e. The monoisotopic (exact) mass is 285 g/mol. The molecule has 1 N–H and O–H groups in total. The molecule has 0 aromatic heterocycles. The van der Waals surface area contributed by atoms with Gasteiger partial charge in [0.1, 0.15) is 0 Å². The van der Waals surface area contributed by atoms with Crippen LogP contribution in [0.15, 0.2) is 36.4 Å². The van der Waals surface area contributed by atoms with Crippen molar-refractivity contribution < 1.29 is 0 Å². The second-order valence-corrected chi connectivity index (χ2v) is 5.83. The minimum Gasteiger partial charge on any atom is -0.313 e. The van der Waals surface area contributed by atoms with E-state index in [0.717, 1.165) is 18.1 Å². The van der Waals surface area contributed by atoms with E-state index in [1.165, 1.54) is 47.1 Å². The molecule has 1 nitrogen and oxygen atoms in total. The molecule has 0 atom stereocenters. The summed E-state index contributed by atoms with van der Waals surface area (Å²) in [4.78, 5) is 0. The standard InChI is InChI=1S/C18H20ClN/c1-2-20-12-17-9-8-16(11-18(17)19)15-7-6-13-4-3-5-14(13)10-15/h6-11,20H,2-5,12H2,1H3. The number of fused-ring (bicyclic) bond motifs is 1. The Hall–Kier alpha value is -1.31. The van der Waals surface area contributed by atoms with E-state index in [1.807, 2.05) is 0 Å². The van der Waals surface area contributed by atoms with Crippen LogP contribution in [0.5, 0.6) is 0 Å². The van der Waals surface area contributed by atoms with E-state index in [4.69, 9.17) is 11.6 Å². The summed E-state index contributed by atoms with van der Waals surface area (Å²) in [5, 5.41) is 4.17. The first-order chi connectivity index (χ1) is 9.78. The van der Waals surface area contributed by atoms with E-state index < -0.39 is 0 Å². The molecule has 104 valence electrons. The predicted molar refractivity (Wildman–Crippen MR) is 86.3 cm³/mol. The number of hydrogen-bond acceptors (Lipinski definition) is 1. The van der Waals surface area contributed by atoms with Gasteiger partial charge in [0.05, 0.1) is 0 Å². The quantitative estimate of drug-likeness (QED) is 0.865. The molecule has 20 heavy (non-hydrogen) atoms. The van der Waals surface area contributed by atoms with E-state index in [0.29, 0.717) is 0 Å². The van der Waals surface area contributed by atoms with Crippen LogP contribution in [0.3, 0.4) is 0 Å². The molecule has 0 heterocycles. The maximum Gasteiger partial charge on any atom is 0.0457 e.